The van der Waals surface area contributed by atoms with Crippen LogP contribution in [0.3, 0.4) is 0 Å². The second kappa shape index (κ2) is 5.14. The van der Waals surface area contributed by atoms with E-state index in [1.54, 1.807) is 6.20 Å². The molecule has 1 amide bonds. The fourth-order valence-electron chi connectivity index (χ4n) is 2.28. The second-order valence-electron chi connectivity index (χ2n) is 4.45. The summed E-state index contributed by atoms with van der Waals surface area (Å²) < 4.78 is 0. The van der Waals surface area contributed by atoms with Crippen molar-refractivity contribution in [3.8, 4) is 0 Å². The summed E-state index contributed by atoms with van der Waals surface area (Å²) in [7, 11) is 0. The highest BCUT2D eigenvalue weighted by molar-refractivity contribution is 5.92. The molecule has 88 valence electrons. The molecule has 0 spiro atoms. The summed E-state index contributed by atoms with van der Waals surface area (Å²) in [4.78, 5) is 12.0. The summed E-state index contributed by atoms with van der Waals surface area (Å²) in [5.74, 6) is 1.12. The van der Waals surface area contributed by atoms with E-state index in [0.29, 0.717) is 0 Å². The van der Waals surface area contributed by atoms with Gasteiger partial charge in [0.05, 0.1) is 6.20 Å². The van der Waals surface area contributed by atoms with Crippen molar-refractivity contribution in [1.82, 2.24) is 10.2 Å². The fourth-order valence-corrected chi connectivity index (χ4v) is 2.28. The Kier molecular flexibility index (Phi) is 3.59. The van der Waals surface area contributed by atoms with Gasteiger partial charge in [0.2, 0.25) is 5.91 Å². The van der Waals surface area contributed by atoms with Gasteiger partial charge in [-0.2, -0.15) is 5.10 Å². The van der Waals surface area contributed by atoms with E-state index in [1.165, 1.54) is 19.3 Å². The predicted octanol–water partition coefficient (Wildman–Crippen LogP) is 2.49. The molecule has 4 nitrogen and oxygen atoms in total. The number of carbonyl (C=O) groups is 1. The molecule has 0 aliphatic heterocycles. The number of hydrogen-bond acceptors (Lipinski definition) is 2. The highest BCUT2D eigenvalue weighted by atomic mass is 16.1. The molecular formula is C12H19N3O. The predicted molar refractivity (Wildman–Crippen MR) is 63.2 cm³/mol. The second-order valence-corrected chi connectivity index (χ2v) is 4.45. The largest absolute Gasteiger partial charge is 0.311 e. The van der Waals surface area contributed by atoms with Crippen LogP contribution in [-0.2, 0) is 11.2 Å². The van der Waals surface area contributed by atoms with Crippen molar-refractivity contribution in [2.75, 3.05) is 5.32 Å². The lowest BCUT2D eigenvalue weighted by molar-refractivity contribution is -0.120. The van der Waals surface area contributed by atoms with Crippen LogP contribution in [0.2, 0.25) is 0 Å². The third-order valence-electron chi connectivity index (χ3n) is 3.32. The first kappa shape index (κ1) is 11.2. The summed E-state index contributed by atoms with van der Waals surface area (Å²) >= 11 is 0. The lowest BCUT2D eigenvalue weighted by atomic mass is 9.88. The number of hydrogen-bond donors (Lipinski definition) is 2. The maximum absolute atomic E-state index is 12.0. The van der Waals surface area contributed by atoms with Gasteiger partial charge in [-0.25, -0.2) is 0 Å². The van der Waals surface area contributed by atoms with E-state index in [9.17, 15) is 4.79 Å². The average Bonchev–Trinajstić information content (AvgIpc) is 2.77. The summed E-state index contributed by atoms with van der Waals surface area (Å²) in [5.41, 5.74) is 1.07. The lowest BCUT2D eigenvalue weighted by Gasteiger charge is -2.20. The first-order chi connectivity index (χ1) is 7.81. The minimum absolute atomic E-state index is 0.152. The van der Waals surface area contributed by atoms with E-state index >= 15 is 0 Å². The number of aryl methyl sites for hydroxylation is 1. The molecule has 1 aliphatic carbocycles. The van der Waals surface area contributed by atoms with Gasteiger partial charge >= 0.3 is 0 Å². The molecule has 0 radical (unpaired) electrons. The summed E-state index contributed by atoms with van der Waals surface area (Å²) in [6.45, 7) is 2.06. The molecule has 4 heteroatoms. The van der Waals surface area contributed by atoms with E-state index in [2.05, 4.69) is 22.4 Å². The number of anilines is 1. The summed E-state index contributed by atoms with van der Waals surface area (Å²) in [5, 5.41) is 9.75. The van der Waals surface area contributed by atoms with Gasteiger partial charge < -0.3 is 5.32 Å². The standard InChI is InChI=1S/C12H19N3O/c1-2-9-8-13-15-11(9)14-12(16)10-6-4-3-5-7-10/h8,10H,2-7H2,1H3,(H2,13,14,15,16). The molecule has 1 fully saturated rings. The van der Waals surface area contributed by atoms with Gasteiger partial charge in [-0.05, 0) is 19.3 Å². The van der Waals surface area contributed by atoms with Gasteiger partial charge in [-0.15, -0.1) is 0 Å². The Morgan fingerprint density at radius 3 is 2.94 bits per heavy atom. The van der Waals surface area contributed by atoms with Crippen LogP contribution in [0.1, 0.15) is 44.6 Å². The SMILES string of the molecule is CCc1cn[nH]c1NC(=O)C1CCCCC1. The molecule has 1 aromatic rings. The third kappa shape index (κ3) is 2.43. The summed E-state index contributed by atoms with van der Waals surface area (Å²) in [6, 6.07) is 0. The minimum Gasteiger partial charge on any atom is -0.311 e. The van der Waals surface area contributed by atoms with Crippen molar-refractivity contribution in [3.63, 3.8) is 0 Å². The molecule has 0 bridgehead atoms. The zero-order valence-electron chi connectivity index (χ0n) is 9.75. The maximum Gasteiger partial charge on any atom is 0.228 e. The first-order valence-corrected chi connectivity index (χ1v) is 6.14. The van der Waals surface area contributed by atoms with Crippen molar-refractivity contribution in [1.29, 1.82) is 0 Å². The monoisotopic (exact) mass is 221 g/mol. The number of aromatic nitrogens is 2. The summed E-state index contributed by atoms with van der Waals surface area (Å²) in [6.07, 6.45) is 8.35. The van der Waals surface area contributed by atoms with E-state index < -0.39 is 0 Å². The van der Waals surface area contributed by atoms with Crippen LogP contribution in [0, 0.1) is 5.92 Å². The molecule has 0 aromatic carbocycles. The lowest BCUT2D eigenvalue weighted by Crippen LogP contribution is -2.25. The average molecular weight is 221 g/mol. The van der Waals surface area contributed by atoms with Crippen LogP contribution in [0.4, 0.5) is 5.82 Å². The molecule has 2 rings (SSSR count). The molecule has 2 N–H and O–H groups in total. The molecule has 1 saturated carbocycles. The first-order valence-electron chi connectivity index (χ1n) is 6.14. The molecule has 0 unspecified atom stereocenters. The number of nitrogens with zero attached hydrogens (tertiary/aromatic N) is 1. The van der Waals surface area contributed by atoms with Crippen LogP contribution in [0.5, 0.6) is 0 Å². The van der Waals surface area contributed by atoms with Crippen molar-refractivity contribution >= 4 is 11.7 Å². The molecule has 0 atom stereocenters. The van der Waals surface area contributed by atoms with Crippen molar-refractivity contribution in [2.24, 2.45) is 5.92 Å². The third-order valence-corrected chi connectivity index (χ3v) is 3.32. The van der Waals surface area contributed by atoms with Crippen LogP contribution in [-0.4, -0.2) is 16.1 Å². The van der Waals surface area contributed by atoms with Crippen LogP contribution >= 0.6 is 0 Å². The normalized spacial score (nSPS) is 17.3. The Morgan fingerprint density at radius 2 is 2.25 bits per heavy atom. The van der Waals surface area contributed by atoms with E-state index in [1.807, 2.05) is 0 Å². The molecule has 16 heavy (non-hydrogen) atoms. The molecule has 1 aromatic heterocycles. The quantitative estimate of drug-likeness (QED) is 0.823. The van der Waals surface area contributed by atoms with Crippen LogP contribution in [0.15, 0.2) is 6.20 Å². The van der Waals surface area contributed by atoms with Gasteiger partial charge in [0, 0.05) is 11.5 Å². The highest BCUT2D eigenvalue weighted by Gasteiger charge is 2.21. The maximum atomic E-state index is 12.0. The van der Waals surface area contributed by atoms with Crippen molar-refractivity contribution < 1.29 is 4.79 Å². The van der Waals surface area contributed by atoms with Gasteiger partial charge in [-0.3, -0.25) is 9.89 Å². The molecule has 0 saturated heterocycles. The number of nitrogens with one attached hydrogen (secondary N) is 2. The molecular weight excluding hydrogens is 202 g/mol. The van der Waals surface area contributed by atoms with Crippen LogP contribution in [0.25, 0.3) is 0 Å². The van der Waals surface area contributed by atoms with Gasteiger partial charge in [0.25, 0.3) is 0 Å². The highest BCUT2D eigenvalue weighted by Crippen LogP contribution is 2.25. The Morgan fingerprint density at radius 1 is 1.50 bits per heavy atom. The Labute approximate surface area is 95.8 Å². The topological polar surface area (TPSA) is 57.8 Å². The number of carbonyl (C=O) groups excluding carboxylic acids is 1. The Hall–Kier alpha value is -1.32. The molecule has 1 aliphatic rings. The van der Waals surface area contributed by atoms with Gasteiger partial charge in [0.15, 0.2) is 0 Å². The van der Waals surface area contributed by atoms with Crippen molar-refractivity contribution in [2.45, 2.75) is 45.4 Å². The molecule has 1 heterocycles. The number of amides is 1. The smallest absolute Gasteiger partial charge is 0.228 e. The van der Waals surface area contributed by atoms with E-state index in [0.717, 1.165) is 30.6 Å². The zero-order chi connectivity index (χ0) is 11.4. The van der Waals surface area contributed by atoms with E-state index in [-0.39, 0.29) is 11.8 Å². The number of aromatic amines is 1. The zero-order valence-corrected chi connectivity index (χ0v) is 9.75. The fraction of sp³-hybridized carbons (Fsp3) is 0.667. The van der Waals surface area contributed by atoms with Crippen molar-refractivity contribution in [3.05, 3.63) is 11.8 Å². The number of rotatable bonds is 3. The van der Waals surface area contributed by atoms with Gasteiger partial charge in [-0.1, -0.05) is 26.2 Å². The number of H-pyrrole nitrogens is 1. The van der Waals surface area contributed by atoms with Gasteiger partial charge in [0.1, 0.15) is 5.82 Å². The Bertz CT molecular complexity index is 353. The minimum atomic E-state index is 0.152. The van der Waals surface area contributed by atoms with Crippen LogP contribution < -0.4 is 5.32 Å². The van der Waals surface area contributed by atoms with E-state index in [4.69, 9.17) is 0 Å². The Balaban J connectivity index is 1.95.